The van der Waals surface area contributed by atoms with Crippen LogP contribution in [-0.4, -0.2) is 39.2 Å². The van der Waals surface area contributed by atoms with Gasteiger partial charge in [0.15, 0.2) is 0 Å². The third-order valence-corrected chi connectivity index (χ3v) is 4.64. The van der Waals surface area contributed by atoms with Crippen molar-refractivity contribution in [1.29, 1.82) is 0 Å². The average Bonchev–Trinajstić information content (AvgIpc) is 2.76. The second-order valence-electron chi connectivity index (χ2n) is 6.74. The SMILES string of the molecule is CCOC(=O)CCCCCOc1ccc(N(C)C(=O)c2cccc(OC)c2N)cc1. The molecule has 0 aromatic heterocycles. The molecule has 1 amide bonds. The molecule has 0 unspecified atom stereocenters. The molecule has 0 fully saturated rings. The molecule has 0 saturated heterocycles. The lowest BCUT2D eigenvalue weighted by atomic mass is 10.1. The van der Waals surface area contributed by atoms with E-state index in [4.69, 9.17) is 19.9 Å². The van der Waals surface area contributed by atoms with E-state index in [0.29, 0.717) is 36.6 Å². The number of hydrogen-bond acceptors (Lipinski definition) is 6. The maximum absolute atomic E-state index is 12.8. The highest BCUT2D eigenvalue weighted by Gasteiger charge is 2.18. The zero-order chi connectivity index (χ0) is 21.9. The molecule has 2 N–H and O–H groups in total. The molecule has 0 atom stereocenters. The summed E-state index contributed by atoms with van der Waals surface area (Å²) in [5.41, 5.74) is 7.47. The topological polar surface area (TPSA) is 91.1 Å². The van der Waals surface area contributed by atoms with Crippen molar-refractivity contribution in [3.05, 3.63) is 48.0 Å². The van der Waals surface area contributed by atoms with Crippen molar-refractivity contribution >= 4 is 23.3 Å². The first-order chi connectivity index (χ1) is 14.5. The van der Waals surface area contributed by atoms with Gasteiger partial charge in [-0.1, -0.05) is 6.07 Å². The highest BCUT2D eigenvalue weighted by Crippen LogP contribution is 2.27. The molecule has 162 valence electrons. The monoisotopic (exact) mass is 414 g/mol. The molecule has 0 heterocycles. The summed E-state index contributed by atoms with van der Waals surface area (Å²) in [6.45, 7) is 2.79. The number of ether oxygens (including phenoxy) is 3. The Kier molecular flexibility index (Phi) is 9.00. The van der Waals surface area contributed by atoms with E-state index in [1.807, 2.05) is 24.3 Å². The third-order valence-electron chi connectivity index (χ3n) is 4.64. The van der Waals surface area contributed by atoms with Gasteiger partial charge in [-0.25, -0.2) is 0 Å². The minimum atomic E-state index is -0.221. The van der Waals surface area contributed by atoms with Crippen LogP contribution >= 0.6 is 0 Å². The number of nitrogens with two attached hydrogens (primary N) is 1. The van der Waals surface area contributed by atoms with Crippen molar-refractivity contribution in [3.63, 3.8) is 0 Å². The van der Waals surface area contributed by atoms with Gasteiger partial charge >= 0.3 is 5.97 Å². The van der Waals surface area contributed by atoms with Crippen LogP contribution in [0.15, 0.2) is 42.5 Å². The molecule has 0 aliphatic heterocycles. The zero-order valence-corrected chi connectivity index (χ0v) is 17.8. The molecular formula is C23H30N2O5. The largest absolute Gasteiger partial charge is 0.495 e. The summed E-state index contributed by atoms with van der Waals surface area (Å²) in [6, 6.07) is 12.4. The molecule has 7 nitrogen and oxygen atoms in total. The second kappa shape index (κ2) is 11.7. The molecule has 2 aromatic rings. The third kappa shape index (κ3) is 6.40. The van der Waals surface area contributed by atoms with Gasteiger partial charge in [0.25, 0.3) is 5.91 Å². The lowest BCUT2D eigenvalue weighted by Crippen LogP contribution is -2.27. The van der Waals surface area contributed by atoms with Crippen LogP contribution in [0.5, 0.6) is 11.5 Å². The van der Waals surface area contributed by atoms with Gasteiger partial charge < -0.3 is 24.8 Å². The zero-order valence-electron chi connectivity index (χ0n) is 17.8. The predicted octanol–water partition coefficient (Wildman–Crippen LogP) is 4.06. The van der Waals surface area contributed by atoms with Crippen molar-refractivity contribution in [2.75, 3.05) is 38.0 Å². The summed E-state index contributed by atoms with van der Waals surface area (Å²) in [6.07, 6.45) is 2.99. The maximum Gasteiger partial charge on any atom is 0.305 e. The highest BCUT2D eigenvalue weighted by molar-refractivity contribution is 6.09. The molecule has 2 aromatic carbocycles. The fourth-order valence-corrected chi connectivity index (χ4v) is 2.94. The molecule has 30 heavy (non-hydrogen) atoms. The van der Waals surface area contributed by atoms with Gasteiger partial charge in [-0.3, -0.25) is 9.59 Å². The van der Waals surface area contributed by atoms with E-state index in [0.717, 1.165) is 30.7 Å². The Balaban J connectivity index is 1.83. The van der Waals surface area contributed by atoms with Gasteiger partial charge in [-0.05, 0) is 62.6 Å². The van der Waals surface area contributed by atoms with E-state index in [1.54, 1.807) is 32.2 Å². The summed E-state index contributed by atoms with van der Waals surface area (Å²) in [7, 11) is 3.21. The number of nitrogen functional groups attached to an aromatic ring is 1. The van der Waals surface area contributed by atoms with E-state index in [9.17, 15) is 9.59 Å². The number of anilines is 2. The molecular weight excluding hydrogens is 384 g/mol. The van der Waals surface area contributed by atoms with Crippen molar-refractivity contribution in [2.24, 2.45) is 0 Å². The summed E-state index contributed by atoms with van der Waals surface area (Å²) in [5.74, 6) is 0.830. The molecule has 2 rings (SSSR count). The van der Waals surface area contributed by atoms with Gasteiger partial charge in [0.1, 0.15) is 11.5 Å². The van der Waals surface area contributed by atoms with Crippen molar-refractivity contribution < 1.29 is 23.8 Å². The lowest BCUT2D eigenvalue weighted by Gasteiger charge is -2.19. The fourth-order valence-electron chi connectivity index (χ4n) is 2.94. The molecule has 0 saturated carbocycles. The molecule has 0 aliphatic carbocycles. The normalized spacial score (nSPS) is 10.4. The quantitative estimate of drug-likeness (QED) is 0.339. The van der Waals surface area contributed by atoms with Crippen LogP contribution in [0.25, 0.3) is 0 Å². The van der Waals surface area contributed by atoms with Crippen molar-refractivity contribution in [3.8, 4) is 11.5 Å². The number of carbonyl (C=O) groups excluding carboxylic acids is 2. The Morgan fingerprint density at radius 3 is 2.43 bits per heavy atom. The number of hydrogen-bond donors (Lipinski definition) is 1. The first-order valence-corrected chi connectivity index (χ1v) is 10.1. The number of para-hydroxylation sites is 1. The fraction of sp³-hybridized carbons (Fsp3) is 0.391. The highest BCUT2D eigenvalue weighted by atomic mass is 16.5. The number of unbranched alkanes of at least 4 members (excludes halogenated alkanes) is 2. The van der Waals surface area contributed by atoms with Crippen LogP contribution in [-0.2, 0) is 9.53 Å². The Labute approximate surface area is 177 Å². The van der Waals surface area contributed by atoms with E-state index < -0.39 is 0 Å². The Hall–Kier alpha value is -3.22. The number of amides is 1. The van der Waals surface area contributed by atoms with Gasteiger partial charge in [0.2, 0.25) is 0 Å². The Morgan fingerprint density at radius 1 is 1.03 bits per heavy atom. The van der Waals surface area contributed by atoms with Gasteiger partial charge in [-0.15, -0.1) is 0 Å². The molecule has 0 spiro atoms. The summed E-state index contributed by atoms with van der Waals surface area (Å²) in [4.78, 5) is 25.6. The van der Waals surface area contributed by atoms with Crippen LogP contribution < -0.4 is 20.1 Å². The van der Waals surface area contributed by atoms with Crippen LogP contribution in [0.2, 0.25) is 0 Å². The number of benzene rings is 2. The first kappa shape index (κ1) is 23.1. The first-order valence-electron chi connectivity index (χ1n) is 10.1. The summed E-state index contributed by atoms with van der Waals surface area (Å²) < 4.78 is 15.8. The van der Waals surface area contributed by atoms with E-state index in [2.05, 4.69) is 0 Å². The molecule has 7 heteroatoms. The molecule has 0 aliphatic rings. The van der Waals surface area contributed by atoms with Crippen LogP contribution in [0.4, 0.5) is 11.4 Å². The van der Waals surface area contributed by atoms with Crippen LogP contribution in [0.3, 0.4) is 0 Å². The van der Waals surface area contributed by atoms with Crippen molar-refractivity contribution in [1.82, 2.24) is 0 Å². The predicted molar refractivity (Wildman–Crippen MR) is 117 cm³/mol. The van der Waals surface area contributed by atoms with Gasteiger partial charge in [-0.2, -0.15) is 0 Å². The second-order valence-corrected chi connectivity index (χ2v) is 6.74. The number of rotatable bonds is 11. The maximum atomic E-state index is 12.8. The molecule has 0 radical (unpaired) electrons. The van der Waals surface area contributed by atoms with Gasteiger partial charge in [0, 0.05) is 19.2 Å². The Morgan fingerprint density at radius 2 is 1.77 bits per heavy atom. The van der Waals surface area contributed by atoms with Crippen LogP contribution in [0.1, 0.15) is 43.0 Å². The van der Waals surface area contributed by atoms with E-state index >= 15 is 0 Å². The van der Waals surface area contributed by atoms with E-state index in [1.165, 1.54) is 12.0 Å². The van der Waals surface area contributed by atoms with E-state index in [-0.39, 0.29) is 11.9 Å². The number of nitrogens with zero attached hydrogens (tertiary/aromatic N) is 1. The van der Waals surface area contributed by atoms with Crippen LogP contribution in [0, 0.1) is 0 Å². The molecule has 0 bridgehead atoms. The lowest BCUT2D eigenvalue weighted by molar-refractivity contribution is -0.143. The summed E-state index contributed by atoms with van der Waals surface area (Å²) in [5, 5.41) is 0. The standard InChI is InChI=1S/C23H30N2O5/c1-4-29-21(26)11-6-5-7-16-30-18-14-12-17(13-15-18)25(2)23(27)19-9-8-10-20(28-3)22(19)24/h8-10,12-15H,4-7,11,16,24H2,1-3H3. The van der Waals surface area contributed by atoms with Crippen molar-refractivity contribution in [2.45, 2.75) is 32.6 Å². The average molecular weight is 415 g/mol. The Bertz CT molecular complexity index is 836. The minimum Gasteiger partial charge on any atom is -0.495 e. The summed E-state index contributed by atoms with van der Waals surface area (Å²) >= 11 is 0. The number of methoxy groups -OCH3 is 1. The smallest absolute Gasteiger partial charge is 0.305 e. The number of esters is 1. The number of carbonyl (C=O) groups is 2. The van der Waals surface area contributed by atoms with Gasteiger partial charge in [0.05, 0.1) is 31.6 Å². The minimum absolute atomic E-state index is 0.150.